The number of fused-ring (bicyclic) bond motifs is 5. The summed E-state index contributed by atoms with van der Waals surface area (Å²) in [4.78, 5) is 54.0. The van der Waals surface area contributed by atoms with Crippen molar-refractivity contribution in [1.82, 2.24) is 14.9 Å². The summed E-state index contributed by atoms with van der Waals surface area (Å²) < 4.78 is 24.3. The minimum Gasteiger partial charge on any atom is -0.497 e. The van der Waals surface area contributed by atoms with Gasteiger partial charge in [0.15, 0.2) is 0 Å². The summed E-state index contributed by atoms with van der Waals surface area (Å²) in [6, 6.07) is 14.4. The van der Waals surface area contributed by atoms with Crippen LogP contribution in [0.3, 0.4) is 0 Å². The number of benzene rings is 2. The minimum atomic E-state index is -0.981. The van der Waals surface area contributed by atoms with E-state index in [-0.39, 0.29) is 30.9 Å². The fourth-order valence-electron chi connectivity index (χ4n) is 7.23. The van der Waals surface area contributed by atoms with E-state index in [9.17, 15) is 14.4 Å². The summed E-state index contributed by atoms with van der Waals surface area (Å²) >= 11 is 0. The first-order chi connectivity index (χ1) is 24.2. The van der Waals surface area contributed by atoms with E-state index in [1.54, 1.807) is 12.0 Å². The van der Waals surface area contributed by atoms with Gasteiger partial charge in [0.05, 0.1) is 37.0 Å². The van der Waals surface area contributed by atoms with Gasteiger partial charge in [0, 0.05) is 12.0 Å². The summed E-state index contributed by atoms with van der Waals surface area (Å²) in [6.45, 7) is 11.4. The minimum absolute atomic E-state index is 0.0805. The van der Waals surface area contributed by atoms with Gasteiger partial charge < -0.3 is 23.8 Å². The predicted octanol–water partition coefficient (Wildman–Crippen LogP) is 6.98. The van der Waals surface area contributed by atoms with Crippen LogP contribution in [-0.4, -0.2) is 70.2 Å². The Hall–Kier alpha value is -4.47. The summed E-state index contributed by atoms with van der Waals surface area (Å²) in [7, 11) is 1.60. The van der Waals surface area contributed by atoms with Crippen molar-refractivity contribution in [2.45, 2.75) is 104 Å². The summed E-state index contributed by atoms with van der Waals surface area (Å²) in [6.07, 6.45) is 7.09. The Morgan fingerprint density at radius 1 is 0.961 bits per heavy atom. The molecular formula is C41H51N3O7. The molecule has 272 valence electrons. The number of methoxy groups -OCH3 is 1. The first-order valence-electron chi connectivity index (χ1n) is 18.2. The zero-order valence-electron chi connectivity index (χ0n) is 30.9. The molecular weight excluding hydrogens is 646 g/mol. The molecule has 6 rings (SSSR count). The molecule has 3 heterocycles. The molecule has 1 aliphatic carbocycles. The van der Waals surface area contributed by atoms with Crippen LogP contribution in [0.25, 0.3) is 17.1 Å². The second-order valence-electron chi connectivity index (χ2n) is 16.2. The number of carbonyl (C=O) groups is 3. The number of allylic oxidation sites excluding steroid dienone is 1. The normalized spacial score (nSPS) is 26.5. The van der Waals surface area contributed by atoms with Crippen molar-refractivity contribution in [2.24, 2.45) is 23.2 Å². The van der Waals surface area contributed by atoms with E-state index >= 15 is 0 Å². The molecule has 2 aliphatic heterocycles. The van der Waals surface area contributed by atoms with Crippen molar-refractivity contribution in [1.29, 1.82) is 0 Å². The molecule has 1 amide bonds. The van der Waals surface area contributed by atoms with Gasteiger partial charge in [0.2, 0.25) is 11.8 Å². The summed E-state index contributed by atoms with van der Waals surface area (Å²) in [5.74, 6) is -1.18. The zero-order valence-corrected chi connectivity index (χ0v) is 30.9. The fourth-order valence-corrected chi connectivity index (χ4v) is 7.23. The van der Waals surface area contributed by atoms with E-state index in [0.717, 1.165) is 31.2 Å². The van der Waals surface area contributed by atoms with Gasteiger partial charge in [0.25, 0.3) is 0 Å². The Morgan fingerprint density at radius 3 is 2.43 bits per heavy atom. The molecule has 1 saturated carbocycles. The van der Waals surface area contributed by atoms with Crippen molar-refractivity contribution in [3.63, 3.8) is 0 Å². The average Bonchev–Trinajstić information content (AvgIpc) is 3.70. The van der Waals surface area contributed by atoms with Gasteiger partial charge in [-0.3, -0.25) is 9.59 Å². The number of esters is 2. The third kappa shape index (κ3) is 8.71. The van der Waals surface area contributed by atoms with Gasteiger partial charge in [-0.05, 0) is 88.0 Å². The Morgan fingerprint density at radius 2 is 1.73 bits per heavy atom. The van der Waals surface area contributed by atoms with Crippen LogP contribution in [0.2, 0.25) is 0 Å². The number of hydrogen-bond donors (Lipinski definition) is 0. The fraction of sp³-hybridized carbons (Fsp3) is 0.537. The average molecular weight is 698 g/mol. The lowest BCUT2D eigenvalue weighted by molar-refractivity contribution is -0.167. The highest BCUT2D eigenvalue weighted by Gasteiger charge is 2.53. The molecule has 10 nitrogen and oxygen atoms in total. The standard InChI is InChI=1S/C41H51N3O7/c1-40(2,3)29-23-35(45)49-33-21-26(33)16-12-9-13-17-31-37(43-32-22-27(48-7)18-19-30(32)42-31)50-34-24-44(38(29)46)36(39(47)51-41(4,5)6)28(34)20-25-14-10-8-11-15-25/h8,10-11,13-15,17-19,22,26,28-29,33-34,36H,9,12,16,20-21,23-24H2,1-7H3/b17-13+/t26-,28-,29-,33-,34+,36+/m1/s1. The van der Waals surface area contributed by atoms with Crippen LogP contribution < -0.4 is 9.47 Å². The molecule has 1 aromatic heterocycles. The van der Waals surface area contributed by atoms with Gasteiger partial charge in [-0.25, -0.2) is 14.8 Å². The van der Waals surface area contributed by atoms with Crippen molar-refractivity contribution >= 4 is 35.0 Å². The van der Waals surface area contributed by atoms with Crippen LogP contribution >= 0.6 is 0 Å². The zero-order chi connectivity index (χ0) is 36.5. The SMILES string of the molecule is COc1ccc2nc3c(nc2c1)O[C@H]1CN(C(=O)[C@H](C(C)(C)C)CC(=O)O[C@@H]2C[C@H]2CCC/C=C/3)[C@H](C(=O)OC(C)(C)C)[C@@H]1Cc1ccccc1. The van der Waals surface area contributed by atoms with Gasteiger partial charge >= 0.3 is 11.9 Å². The van der Waals surface area contributed by atoms with Gasteiger partial charge in [-0.1, -0.05) is 57.2 Å². The Kier molecular flexibility index (Phi) is 10.4. The molecule has 2 fully saturated rings. The van der Waals surface area contributed by atoms with Crippen LogP contribution in [0.1, 0.15) is 84.9 Å². The number of aromatic nitrogens is 2. The van der Waals surface area contributed by atoms with Crippen molar-refractivity contribution in [3.8, 4) is 11.6 Å². The molecule has 6 atom stereocenters. The monoisotopic (exact) mass is 697 g/mol. The molecule has 0 unspecified atom stereocenters. The summed E-state index contributed by atoms with van der Waals surface area (Å²) in [5.41, 5.74) is 1.44. The maximum absolute atomic E-state index is 14.9. The third-order valence-corrected chi connectivity index (χ3v) is 10.0. The molecule has 0 spiro atoms. The highest BCUT2D eigenvalue weighted by molar-refractivity contribution is 5.90. The quantitative estimate of drug-likeness (QED) is 0.266. The van der Waals surface area contributed by atoms with E-state index < -0.39 is 41.0 Å². The van der Waals surface area contributed by atoms with E-state index in [0.29, 0.717) is 40.7 Å². The van der Waals surface area contributed by atoms with Crippen LogP contribution in [0.15, 0.2) is 54.6 Å². The number of nitrogens with zero attached hydrogens (tertiary/aromatic N) is 3. The number of ether oxygens (including phenoxy) is 4. The lowest BCUT2D eigenvalue weighted by Gasteiger charge is -2.35. The molecule has 51 heavy (non-hydrogen) atoms. The van der Waals surface area contributed by atoms with Crippen LogP contribution in [0.5, 0.6) is 11.6 Å². The Balaban J connectivity index is 1.48. The number of carbonyl (C=O) groups excluding carboxylic acids is 3. The van der Waals surface area contributed by atoms with E-state index in [2.05, 4.69) is 6.08 Å². The number of rotatable bonds is 4. The van der Waals surface area contributed by atoms with Crippen LogP contribution in [-0.2, 0) is 30.3 Å². The van der Waals surface area contributed by atoms with Gasteiger partial charge in [-0.2, -0.15) is 0 Å². The highest BCUT2D eigenvalue weighted by Crippen LogP contribution is 2.41. The molecule has 0 radical (unpaired) electrons. The molecule has 0 N–H and O–H groups in total. The van der Waals surface area contributed by atoms with E-state index in [1.165, 1.54) is 0 Å². The van der Waals surface area contributed by atoms with Gasteiger partial charge in [0.1, 0.15) is 35.3 Å². The molecule has 2 aromatic carbocycles. The highest BCUT2D eigenvalue weighted by atomic mass is 16.6. The molecule has 2 bridgehead atoms. The van der Waals surface area contributed by atoms with E-state index in [4.69, 9.17) is 28.9 Å². The lowest BCUT2D eigenvalue weighted by Crippen LogP contribution is -2.50. The first-order valence-corrected chi connectivity index (χ1v) is 18.2. The maximum atomic E-state index is 14.9. The molecule has 3 aliphatic rings. The van der Waals surface area contributed by atoms with Gasteiger partial charge in [-0.15, -0.1) is 0 Å². The number of amides is 1. The Labute approximate surface area is 300 Å². The Bertz CT molecular complexity index is 1780. The molecule has 1 saturated heterocycles. The number of hydrogen-bond acceptors (Lipinski definition) is 9. The second-order valence-corrected chi connectivity index (χ2v) is 16.2. The van der Waals surface area contributed by atoms with Crippen LogP contribution in [0.4, 0.5) is 0 Å². The topological polar surface area (TPSA) is 117 Å². The van der Waals surface area contributed by atoms with Crippen molar-refractivity contribution < 1.29 is 33.3 Å². The lowest BCUT2D eigenvalue weighted by atomic mass is 9.77. The molecule has 10 heteroatoms. The third-order valence-electron chi connectivity index (χ3n) is 10.0. The van der Waals surface area contributed by atoms with E-state index in [1.807, 2.05) is 96.1 Å². The van der Waals surface area contributed by atoms with Crippen molar-refractivity contribution in [2.75, 3.05) is 13.7 Å². The maximum Gasteiger partial charge on any atom is 0.329 e. The smallest absolute Gasteiger partial charge is 0.329 e. The van der Waals surface area contributed by atoms with Crippen molar-refractivity contribution in [3.05, 3.63) is 65.9 Å². The summed E-state index contributed by atoms with van der Waals surface area (Å²) in [5, 5.41) is 0. The second kappa shape index (κ2) is 14.6. The largest absolute Gasteiger partial charge is 0.497 e. The molecule has 3 aromatic rings. The first kappa shape index (κ1) is 36.3. The predicted molar refractivity (Wildman–Crippen MR) is 194 cm³/mol. The van der Waals surface area contributed by atoms with Crippen LogP contribution in [0, 0.1) is 23.2 Å².